The Morgan fingerprint density at radius 1 is 1.37 bits per heavy atom. The van der Waals surface area contributed by atoms with Gasteiger partial charge in [-0.2, -0.15) is 0 Å². The maximum absolute atomic E-state index is 11.7. The zero-order valence-electron chi connectivity index (χ0n) is 12.2. The van der Waals surface area contributed by atoms with Gasteiger partial charge in [0.2, 0.25) is 0 Å². The first-order chi connectivity index (χ1) is 8.98. The van der Waals surface area contributed by atoms with Gasteiger partial charge in [0.1, 0.15) is 0 Å². The molecule has 0 saturated carbocycles. The first-order valence-corrected chi connectivity index (χ1v) is 7.12. The number of nitrogens with zero attached hydrogens (tertiary/aromatic N) is 2. The van der Waals surface area contributed by atoms with Crippen molar-refractivity contribution in [2.75, 3.05) is 19.6 Å². The third-order valence-corrected chi connectivity index (χ3v) is 3.91. The minimum Gasteiger partial charge on any atom is -0.314 e. The molecular formula is C15H25N3O. The number of hydrogen-bond acceptors (Lipinski definition) is 3. The summed E-state index contributed by atoms with van der Waals surface area (Å²) in [5.74, 6) is 0. The van der Waals surface area contributed by atoms with Crippen molar-refractivity contribution in [1.82, 2.24) is 14.8 Å². The van der Waals surface area contributed by atoms with E-state index in [0.717, 1.165) is 32.6 Å². The van der Waals surface area contributed by atoms with Gasteiger partial charge in [-0.1, -0.05) is 6.07 Å². The molecule has 1 atom stereocenters. The second-order valence-corrected chi connectivity index (χ2v) is 6.15. The van der Waals surface area contributed by atoms with Gasteiger partial charge in [0, 0.05) is 43.5 Å². The monoisotopic (exact) mass is 263 g/mol. The number of rotatable bonds is 3. The van der Waals surface area contributed by atoms with Gasteiger partial charge in [-0.05, 0) is 39.8 Å². The van der Waals surface area contributed by atoms with Crippen molar-refractivity contribution in [3.05, 3.63) is 34.7 Å². The van der Waals surface area contributed by atoms with Crippen LogP contribution in [0.1, 0.15) is 27.2 Å². The van der Waals surface area contributed by atoms with Crippen LogP contribution in [0.2, 0.25) is 0 Å². The second-order valence-electron chi connectivity index (χ2n) is 6.15. The molecule has 2 heterocycles. The summed E-state index contributed by atoms with van der Waals surface area (Å²) in [4.78, 5) is 14.2. The van der Waals surface area contributed by atoms with Crippen LogP contribution in [-0.4, -0.2) is 40.7 Å². The van der Waals surface area contributed by atoms with Crippen LogP contribution in [0.5, 0.6) is 0 Å². The molecule has 1 saturated heterocycles. The molecule has 0 aliphatic carbocycles. The zero-order chi connectivity index (χ0) is 13.9. The summed E-state index contributed by atoms with van der Waals surface area (Å²) in [6, 6.07) is 5.89. The van der Waals surface area contributed by atoms with Crippen LogP contribution in [0.4, 0.5) is 0 Å². The highest BCUT2D eigenvalue weighted by Gasteiger charge is 2.27. The van der Waals surface area contributed by atoms with E-state index in [1.807, 2.05) is 12.3 Å². The summed E-state index contributed by atoms with van der Waals surface area (Å²) in [6.45, 7) is 10.5. The average Bonchev–Trinajstić information content (AvgIpc) is 2.47. The van der Waals surface area contributed by atoms with Gasteiger partial charge >= 0.3 is 0 Å². The molecule has 1 aliphatic rings. The maximum atomic E-state index is 11.7. The summed E-state index contributed by atoms with van der Waals surface area (Å²) in [7, 11) is 0. The topological polar surface area (TPSA) is 37.3 Å². The normalized spacial score (nSPS) is 24.1. The lowest BCUT2D eigenvalue weighted by atomic mass is 10.1. The van der Waals surface area contributed by atoms with E-state index >= 15 is 0 Å². The van der Waals surface area contributed by atoms with Crippen molar-refractivity contribution in [3.63, 3.8) is 0 Å². The molecular weight excluding hydrogens is 238 g/mol. The third-order valence-electron chi connectivity index (χ3n) is 3.91. The van der Waals surface area contributed by atoms with Gasteiger partial charge in [-0.15, -0.1) is 0 Å². The molecule has 0 spiro atoms. The van der Waals surface area contributed by atoms with Crippen LogP contribution in [0, 0.1) is 0 Å². The molecule has 1 unspecified atom stereocenters. The summed E-state index contributed by atoms with van der Waals surface area (Å²) >= 11 is 0. The van der Waals surface area contributed by atoms with Gasteiger partial charge in [0.15, 0.2) is 0 Å². The van der Waals surface area contributed by atoms with Crippen molar-refractivity contribution in [3.8, 4) is 0 Å². The molecule has 2 rings (SSSR count). The first kappa shape index (κ1) is 14.3. The van der Waals surface area contributed by atoms with Crippen molar-refractivity contribution >= 4 is 0 Å². The van der Waals surface area contributed by atoms with Crippen molar-refractivity contribution < 1.29 is 0 Å². The second kappa shape index (κ2) is 5.88. The molecule has 0 radical (unpaired) electrons. The molecule has 0 bridgehead atoms. The van der Waals surface area contributed by atoms with Crippen molar-refractivity contribution in [2.45, 2.75) is 45.3 Å². The fourth-order valence-corrected chi connectivity index (χ4v) is 2.70. The molecule has 0 aromatic carbocycles. The highest BCUT2D eigenvalue weighted by atomic mass is 16.1. The molecule has 4 heteroatoms. The third kappa shape index (κ3) is 3.91. The summed E-state index contributed by atoms with van der Waals surface area (Å²) < 4.78 is 1.79. The van der Waals surface area contributed by atoms with Crippen LogP contribution in [0.15, 0.2) is 29.2 Å². The fraction of sp³-hybridized carbons (Fsp3) is 0.667. The van der Waals surface area contributed by atoms with E-state index in [0.29, 0.717) is 6.04 Å². The molecule has 1 aromatic rings. The molecule has 1 fully saturated rings. The van der Waals surface area contributed by atoms with Gasteiger partial charge in [0.25, 0.3) is 5.56 Å². The van der Waals surface area contributed by atoms with E-state index in [-0.39, 0.29) is 11.1 Å². The number of aromatic nitrogens is 1. The van der Waals surface area contributed by atoms with E-state index in [1.165, 1.54) is 0 Å². The lowest BCUT2D eigenvalue weighted by Crippen LogP contribution is -2.48. The summed E-state index contributed by atoms with van der Waals surface area (Å²) in [6.07, 6.45) is 3.03. The number of hydrogen-bond donors (Lipinski definition) is 1. The van der Waals surface area contributed by atoms with Crippen LogP contribution in [0.25, 0.3) is 0 Å². The van der Waals surface area contributed by atoms with E-state index < -0.39 is 0 Å². The summed E-state index contributed by atoms with van der Waals surface area (Å²) in [5.41, 5.74) is 0.231. The van der Waals surface area contributed by atoms with Crippen LogP contribution < -0.4 is 10.9 Å². The van der Waals surface area contributed by atoms with Gasteiger partial charge in [-0.25, -0.2) is 0 Å². The molecule has 1 N–H and O–H groups in total. The Hall–Kier alpha value is -1.13. The van der Waals surface area contributed by atoms with Crippen molar-refractivity contribution in [1.29, 1.82) is 0 Å². The number of nitrogens with one attached hydrogen (secondary N) is 1. The molecule has 19 heavy (non-hydrogen) atoms. The maximum Gasteiger partial charge on any atom is 0.250 e. The van der Waals surface area contributed by atoms with Crippen LogP contribution in [-0.2, 0) is 6.54 Å². The quantitative estimate of drug-likeness (QED) is 0.893. The van der Waals surface area contributed by atoms with Gasteiger partial charge in [-0.3, -0.25) is 9.69 Å². The average molecular weight is 263 g/mol. The Morgan fingerprint density at radius 3 is 2.89 bits per heavy atom. The minimum atomic E-state index is 0.0855. The lowest BCUT2D eigenvalue weighted by molar-refractivity contribution is 0.174. The Morgan fingerprint density at radius 2 is 2.16 bits per heavy atom. The molecule has 1 aromatic heterocycles. The molecule has 0 amide bonds. The lowest BCUT2D eigenvalue weighted by Gasteiger charge is -2.33. The highest BCUT2D eigenvalue weighted by Crippen LogP contribution is 2.15. The highest BCUT2D eigenvalue weighted by molar-refractivity contribution is 4.94. The Labute approximate surface area is 115 Å². The molecule has 106 valence electrons. The van der Waals surface area contributed by atoms with Gasteiger partial charge in [0.05, 0.1) is 0 Å². The standard InChI is InChI=1S/C15H25N3O/c1-13-7-8-16-15(2,3)12-18(13)11-10-17-9-5-4-6-14(17)19/h4-6,9,13,16H,7-8,10-12H2,1-3H3. The predicted molar refractivity (Wildman–Crippen MR) is 78.4 cm³/mol. The minimum absolute atomic E-state index is 0.0855. The zero-order valence-corrected chi connectivity index (χ0v) is 12.2. The Kier molecular flexibility index (Phi) is 4.42. The van der Waals surface area contributed by atoms with Crippen LogP contribution in [0.3, 0.4) is 0 Å². The molecule has 4 nitrogen and oxygen atoms in total. The largest absolute Gasteiger partial charge is 0.314 e. The predicted octanol–water partition coefficient (Wildman–Crippen LogP) is 1.31. The van der Waals surface area contributed by atoms with Gasteiger partial charge < -0.3 is 9.88 Å². The van der Waals surface area contributed by atoms with E-state index in [2.05, 4.69) is 31.0 Å². The van der Waals surface area contributed by atoms with E-state index in [1.54, 1.807) is 16.7 Å². The first-order valence-electron chi connectivity index (χ1n) is 7.12. The van der Waals surface area contributed by atoms with E-state index in [4.69, 9.17) is 0 Å². The Bertz CT molecular complexity index is 466. The fourth-order valence-electron chi connectivity index (χ4n) is 2.70. The Balaban J connectivity index is 2.01. The summed E-state index contributed by atoms with van der Waals surface area (Å²) in [5, 5.41) is 3.58. The SMILES string of the molecule is CC1CCNC(C)(C)CN1CCn1ccccc1=O. The molecule has 1 aliphatic heterocycles. The van der Waals surface area contributed by atoms with Crippen molar-refractivity contribution in [2.24, 2.45) is 0 Å². The smallest absolute Gasteiger partial charge is 0.250 e. The van der Waals surface area contributed by atoms with Crippen LogP contribution >= 0.6 is 0 Å². The van der Waals surface area contributed by atoms with E-state index in [9.17, 15) is 4.79 Å². The number of pyridine rings is 1.